The molecule has 1 N–H and O–H groups in total. The number of hydrogen-bond acceptors (Lipinski definition) is 4. The van der Waals surface area contributed by atoms with E-state index in [1.165, 1.54) is 0 Å². The Morgan fingerprint density at radius 3 is 2.56 bits per heavy atom. The van der Waals surface area contributed by atoms with Crippen LogP contribution in [0.1, 0.15) is 42.1 Å². The molecular weight excluding hydrogens is 338 g/mol. The highest BCUT2D eigenvalue weighted by Gasteiger charge is 2.28. The van der Waals surface area contributed by atoms with Crippen LogP contribution >= 0.6 is 0 Å². The van der Waals surface area contributed by atoms with Gasteiger partial charge in [-0.15, -0.1) is 0 Å². The molecule has 1 aromatic carbocycles. The average molecular weight is 368 g/mol. The Balaban J connectivity index is 1.90. The molecule has 7 heteroatoms. The number of carbonyl (C=O) groups is 1. The van der Waals surface area contributed by atoms with Gasteiger partial charge in [-0.1, -0.05) is 19.1 Å². The molecule has 0 aliphatic carbocycles. The number of amides is 1. The summed E-state index contributed by atoms with van der Waals surface area (Å²) in [6.45, 7) is 3.62. The van der Waals surface area contributed by atoms with Gasteiger partial charge in [0.05, 0.1) is 5.75 Å². The third-order valence-electron chi connectivity index (χ3n) is 4.33. The molecule has 1 aliphatic heterocycles. The van der Waals surface area contributed by atoms with E-state index in [-0.39, 0.29) is 17.7 Å². The molecule has 0 aromatic heterocycles. The summed E-state index contributed by atoms with van der Waals surface area (Å²) in [4.78, 5) is 14.5. The molecule has 1 amide bonds. The van der Waals surface area contributed by atoms with Gasteiger partial charge in [-0.2, -0.15) is 0 Å². The van der Waals surface area contributed by atoms with Crippen LogP contribution in [0.15, 0.2) is 24.3 Å². The van der Waals surface area contributed by atoms with Crippen LogP contribution in [0, 0.1) is 0 Å². The maximum absolute atomic E-state index is 12.5. The van der Waals surface area contributed by atoms with Crippen molar-refractivity contribution in [3.05, 3.63) is 35.4 Å². The predicted octanol–water partition coefficient (Wildman–Crippen LogP) is 1.68. The van der Waals surface area contributed by atoms with Crippen molar-refractivity contribution in [2.75, 3.05) is 32.9 Å². The van der Waals surface area contributed by atoms with Crippen molar-refractivity contribution in [1.29, 1.82) is 0 Å². The Hall–Kier alpha value is -1.44. The number of rotatable bonds is 7. The standard InChI is InChI=1S/C18H29N3O3S/c1-4-12-25(23,24)21-10-8-17(9-11-21)19-18(22)16-7-5-6-15(13-16)14-20(2)3/h5-7,13,17H,4,8-12,14H2,1-3H3,(H,19,22). The summed E-state index contributed by atoms with van der Waals surface area (Å²) in [6.07, 6.45) is 1.94. The topological polar surface area (TPSA) is 69.7 Å². The molecule has 140 valence electrons. The van der Waals surface area contributed by atoms with Crippen molar-refractivity contribution in [3.8, 4) is 0 Å². The van der Waals surface area contributed by atoms with Gasteiger partial charge >= 0.3 is 0 Å². The van der Waals surface area contributed by atoms with Crippen molar-refractivity contribution in [1.82, 2.24) is 14.5 Å². The summed E-state index contributed by atoms with van der Waals surface area (Å²) in [7, 11) is 0.848. The van der Waals surface area contributed by atoms with Gasteiger partial charge in [0.1, 0.15) is 0 Å². The Labute approximate surface area is 151 Å². The molecule has 6 nitrogen and oxygen atoms in total. The zero-order valence-corrected chi connectivity index (χ0v) is 16.2. The fraction of sp³-hybridized carbons (Fsp3) is 0.611. The predicted molar refractivity (Wildman–Crippen MR) is 100.0 cm³/mol. The number of piperidine rings is 1. The van der Waals surface area contributed by atoms with Crippen molar-refractivity contribution < 1.29 is 13.2 Å². The largest absolute Gasteiger partial charge is 0.349 e. The summed E-state index contributed by atoms with van der Waals surface area (Å²) in [6, 6.07) is 7.66. The summed E-state index contributed by atoms with van der Waals surface area (Å²) >= 11 is 0. The number of nitrogens with zero attached hydrogens (tertiary/aromatic N) is 2. The Morgan fingerprint density at radius 1 is 1.28 bits per heavy atom. The minimum atomic E-state index is -3.14. The van der Waals surface area contributed by atoms with E-state index < -0.39 is 10.0 Å². The third-order valence-corrected chi connectivity index (χ3v) is 6.41. The lowest BCUT2D eigenvalue weighted by atomic mass is 10.1. The molecule has 1 heterocycles. The zero-order valence-electron chi connectivity index (χ0n) is 15.4. The first-order chi connectivity index (χ1) is 11.8. The Kier molecular flexibility index (Phi) is 6.98. The molecule has 0 radical (unpaired) electrons. The first-order valence-corrected chi connectivity index (χ1v) is 10.4. The van der Waals surface area contributed by atoms with Gasteiger partial charge in [0.25, 0.3) is 5.91 Å². The van der Waals surface area contributed by atoms with E-state index in [2.05, 4.69) is 10.2 Å². The first-order valence-electron chi connectivity index (χ1n) is 8.84. The molecular formula is C18H29N3O3S. The smallest absolute Gasteiger partial charge is 0.251 e. The molecule has 1 aliphatic rings. The number of hydrogen-bond donors (Lipinski definition) is 1. The summed E-state index contributed by atoms with van der Waals surface area (Å²) in [5, 5.41) is 3.05. The van der Waals surface area contributed by atoms with E-state index in [0.717, 1.165) is 12.1 Å². The lowest BCUT2D eigenvalue weighted by Crippen LogP contribution is -2.47. The molecule has 1 fully saturated rings. The Morgan fingerprint density at radius 2 is 1.96 bits per heavy atom. The lowest BCUT2D eigenvalue weighted by molar-refractivity contribution is 0.0923. The summed E-state index contributed by atoms with van der Waals surface area (Å²) in [5.74, 6) is 0.110. The van der Waals surface area contributed by atoms with Crippen LogP contribution in [0.2, 0.25) is 0 Å². The number of nitrogens with one attached hydrogen (secondary N) is 1. The number of carbonyl (C=O) groups excluding carboxylic acids is 1. The van der Waals surface area contributed by atoms with Gasteiger partial charge in [-0.25, -0.2) is 12.7 Å². The van der Waals surface area contributed by atoms with E-state index in [0.29, 0.717) is 37.9 Å². The van der Waals surface area contributed by atoms with Gasteiger partial charge in [-0.3, -0.25) is 4.79 Å². The second kappa shape index (κ2) is 8.78. The lowest BCUT2D eigenvalue weighted by Gasteiger charge is -2.31. The van der Waals surface area contributed by atoms with Crippen LogP contribution < -0.4 is 5.32 Å². The van der Waals surface area contributed by atoms with E-state index in [9.17, 15) is 13.2 Å². The second-order valence-corrected chi connectivity index (χ2v) is 8.99. The van der Waals surface area contributed by atoms with Crippen LogP contribution in [-0.4, -0.2) is 62.5 Å². The highest BCUT2D eigenvalue weighted by Crippen LogP contribution is 2.16. The number of benzene rings is 1. The molecule has 25 heavy (non-hydrogen) atoms. The quantitative estimate of drug-likeness (QED) is 0.796. The first kappa shape index (κ1) is 19.9. The van der Waals surface area contributed by atoms with Gasteiger partial charge in [0.15, 0.2) is 0 Å². The molecule has 0 spiro atoms. The highest BCUT2D eigenvalue weighted by atomic mass is 32.2. The Bertz CT molecular complexity index is 681. The maximum atomic E-state index is 12.5. The molecule has 0 unspecified atom stereocenters. The summed E-state index contributed by atoms with van der Waals surface area (Å²) in [5.41, 5.74) is 1.75. The molecule has 1 saturated heterocycles. The SMILES string of the molecule is CCCS(=O)(=O)N1CCC(NC(=O)c2cccc(CN(C)C)c2)CC1. The third kappa shape index (κ3) is 5.80. The van der Waals surface area contributed by atoms with Crippen LogP contribution in [0.4, 0.5) is 0 Å². The van der Waals surface area contributed by atoms with Gasteiger partial charge in [-0.05, 0) is 51.1 Å². The normalized spacial score (nSPS) is 17.0. The van der Waals surface area contributed by atoms with Gasteiger partial charge in [0.2, 0.25) is 10.0 Å². The zero-order chi connectivity index (χ0) is 18.4. The van der Waals surface area contributed by atoms with Crippen LogP contribution in [0.25, 0.3) is 0 Å². The molecule has 2 rings (SSSR count). The minimum absolute atomic E-state index is 0.0260. The van der Waals surface area contributed by atoms with Gasteiger partial charge < -0.3 is 10.2 Å². The fourth-order valence-electron chi connectivity index (χ4n) is 3.11. The van der Waals surface area contributed by atoms with Crippen LogP contribution in [0.5, 0.6) is 0 Å². The van der Waals surface area contributed by atoms with E-state index in [1.54, 1.807) is 4.31 Å². The molecule has 1 aromatic rings. The van der Waals surface area contributed by atoms with Crippen molar-refractivity contribution in [2.24, 2.45) is 0 Å². The van der Waals surface area contributed by atoms with Crippen molar-refractivity contribution >= 4 is 15.9 Å². The van der Waals surface area contributed by atoms with E-state index in [1.807, 2.05) is 45.3 Å². The van der Waals surface area contributed by atoms with Crippen LogP contribution in [-0.2, 0) is 16.6 Å². The second-order valence-electron chi connectivity index (χ2n) is 6.90. The van der Waals surface area contributed by atoms with E-state index in [4.69, 9.17) is 0 Å². The molecule has 0 atom stereocenters. The minimum Gasteiger partial charge on any atom is -0.349 e. The highest BCUT2D eigenvalue weighted by molar-refractivity contribution is 7.89. The summed E-state index contributed by atoms with van der Waals surface area (Å²) < 4.78 is 25.7. The van der Waals surface area contributed by atoms with Gasteiger partial charge in [0, 0.05) is 31.2 Å². The van der Waals surface area contributed by atoms with Crippen LogP contribution in [0.3, 0.4) is 0 Å². The number of sulfonamides is 1. The monoisotopic (exact) mass is 367 g/mol. The molecule has 0 bridgehead atoms. The van der Waals surface area contributed by atoms with Crippen molar-refractivity contribution in [2.45, 2.75) is 38.8 Å². The molecule has 0 saturated carbocycles. The van der Waals surface area contributed by atoms with Crippen molar-refractivity contribution in [3.63, 3.8) is 0 Å². The average Bonchev–Trinajstić information content (AvgIpc) is 2.55. The fourth-order valence-corrected chi connectivity index (χ4v) is 4.65. The maximum Gasteiger partial charge on any atom is 0.251 e. The van der Waals surface area contributed by atoms with E-state index >= 15 is 0 Å².